The number of hydrogen-bond acceptors (Lipinski definition) is 6. The van der Waals surface area contributed by atoms with Gasteiger partial charge in [-0.05, 0) is 42.8 Å². The molecular weight excluding hydrogens is 418 g/mol. The number of anilines is 1. The van der Waals surface area contributed by atoms with Gasteiger partial charge in [-0.2, -0.15) is 0 Å². The van der Waals surface area contributed by atoms with Gasteiger partial charge in [0.1, 0.15) is 0 Å². The molecule has 2 aromatic rings. The van der Waals surface area contributed by atoms with Gasteiger partial charge in [-0.15, -0.1) is 0 Å². The van der Waals surface area contributed by atoms with Crippen molar-refractivity contribution in [3.05, 3.63) is 59.7 Å². The highest BCUT2D eigenvalue weighted by molar-refractivity contribution is 7.92. The lowest BCUT2D eigenvalue weighted by atomic mass is 10.1. The van der Waals surface area contributed by atoms with E-state index in [9.17, 15) is 26.4 Å². The molecular formula is C18H19N3O6S2. The van der Waals surface area contributed by atoms with Gasteiger partial charge in [-0.25, -0.2) is 21.6 Å². The standard InChI is InChI=1S/C18H19N3O6S2/c19-17(22)12-3-1-5-14(9-12)20-18(23)13-4-2-6-16(10-13)29(26,27)21-15-7-8-28(24,25)11-15/h1-6,9-10,15,21H,7-8,11H2,(H2,19,22)(H,20,23). The maximum Gasteiger partial charge on any atom is 0.255 e. The SMILES string of the molecule is NC(=O)c1cccc(NC(=O)c2cccc(S(=O)(=O)NC3CCS(=O)(=O)C3)c2)c1. The normalized spacial score (nSPS) is 18.3. The molecule has 11 heteroatoms. The Bertz CT molecular complexity index is 1180. The Hall–Kier alpha value is -2.76. The summed E-state index contributed by atoms with van der Waals surface area (Å²) in [5, 5.41) is 2.57. The van der Waals surface area contributed by atoms with Crippen molar-refractivity contribution >= 4 is 37.4 Å². The molecule has 0 spiro atoms. The van der Waals surface area contributed by atoms with Crippen molar-refractivity contribution in [2.24, 2.45) is 5.73 Å². The molecule has 1 heterocycles. The molecule has 9 nitrogen and oxygen atoms in total. The summed E-state index contributed by atoms with van der Waals surface area (Å²) < 4.78 is 50.6. The highest BCUT2D eigenvalue weighted by Crippen LogP contribution is 2.18. The number of amides is 2. The van der Waals surface area contributed by atoms with Crippen molar-refractivity contribution < 1.29 is 26.4 Å². The third-order valence-corrected chi connectivity index (χ3v) is 7.65. The Morgan fingerprint density at radius 1 is 1.03 bits per heavy atom. The predicted octanol–water partition coefficient (Wildman–Crippen LogP) is 0.503. The second-order valence-corrected chi connectivity index (χ2v) is 10.6. The molecule has 29 heavy (non-hydrogen) atoms. The zero-order chi connectivity index (χ0) is 21.2. The summed E-state index contributed by atoms with van der Waals surface area (Å²) >= 11 is 0. The molecule has 0 aliphatic carbocycles. The number of nitrogens with one attached hydrogen (secondary N) is 2. The van der Waals surface area contributed by atoms with Gasteiger partial charge in [0.2, 0.25) is 15.9 Å². The van der Waals surface area contributed by atoms with Gasteiger partial charge in [0, 0.05) is 22.9 Å². The monoisotopic (exact) mass is 437 g/mol. The highest BCUT2D eigenvalue weighted by atomic mass is 32.2. The topological polar surface area (TPSA) is 152 Å². The van der Waals surface area contributed by atoms with Crippen LogP contribution in [0.3, 0.4) is 0 Å². The Kier molecular flexibility index (Phi) is 5.73. The molecule has 0 radical (unpaired) electrons. The minimum absolute atomic E-state index is 0.0625. The van der Waals surface area contributed by atoms with Crippen LogP contribution in [0.15, 0.2) is 53.4 Å². The van der Waals surface area contributed by atoms with E-state index in [1.807, 2.05) is 0 Å². The molecule has 2 aromatic carbocycles. The lowest BCUT2D eigenvalue weighted by Gasteiger charge is -2.12. The predicted molar refractivity (Wildman–Crippen MR) is 107 cm³/mol. The van der Waals surface area contributed by atoms with Crippen LogP contribution in [0.2, 0.25) is 0 Å². The smallest absolute Gasteiger partial charge is 0.255 e. The van der Waals surface area contributed by atoms with Crippen molar-refractivity contribution in [2.75, 3.05) is 16.8 Å². The van der Waals surface area contributed by atoms with Crippen LogP contribution >= 0.6 is 0 Å². The van der Waals surface area contributed by atoms with Crippen molar-refractivity contribution in [2.45, 2.75) is 17.4 Å². The maximum absolute atomic E-state index is 12.6. The number of carbonyl (C=O) groups excluding carboxylic acids is 2. The van der Waals surface area contributed by atoms with Crippen molar-refractivity contribution in [1.82, 2.24) is 4.72 Å². The summed E-state index contributed by atoms with van der Waals surface area (Å²) in [5.41, 5.74) is 5.84. The molecule has 154 valence electrons. The Morgan fingerprint density at radius 2 is 1.72 bits per heavy atom. The van der Waals surface area contributed by atoms with E-state index in [1.54, 1.807) is 12.1 Å². The van der Waals surface area contributed by atoms with Crippen LogP contribution in [0.4, 0.5) is 5.69 Å². The fraction of sp³-hybridized carbons (Fsp3) is 0.222. The molecule has 0 aromatic heterocycles. The number of sulfonamides is 1. The second kappa shape index (κ2) is 7.93. The molecule has 1 atom stereocenters. The number of sulfone groups is 1. The lowest BCUT2D eigenvalue weighted by Crippen LogP contribution is -2.35. The van der Waals surface area contributed by atoms with E-state index in [-0.39, 0.29) is 33.9 Å². The number of benzene rings is 2. The van der Waals surface area contributed by atoms with Crippen LogP contribution in [0.25, 0.3) is 0 Å². The minimum atomic E-state index is -4.00. The molecule has 1 aliphatic heterocycles. The number of carbonyl (C=O) groups is 2. The summed E-state index contributed by atoms with van der Waals surface area (Å²) in [7, 11) is -7.24. The van der Waals surface area contributed by atoms with Gasteiger partial charge < -0.3 is 11.1 Å². The number of rotatable bonds is 6. The molecule has 2 amide bonds. The van der Waals surface area contributed by atoms with Crippen LogP contribution < -0.4 is 15.8 Å². The van der Waals surface area contributed by atoms with Crippen LogP contribution in [0, 0.1) is 0 Å². The van der Waals surface area contributed by atoms with Crippen molar-refractivity contribution in [3.63, 3.8) is 0 Å². The second-order valence-electron chi connectivity index (χ2n) is 6.65. The van der Waals surface area contributed by atoms with E-state index < -0.39 is 37.7 Å². The van der Waals surface area contributed by atoms with E-state index in [4.69, 9.17) is 5.73 Å². The largest absolute Gasteiger partial charge is 0.366 e. The highest BCUT2D eigenvalue weighted by Gasteiger charge is 2.31. The van der Waals surface area contributed by atoms with Gasteiger partial charge in [0.05, 0.1) is 16.4 Å². The zero-order valence-corrected chi connectivity index (χ0v) is 16.8. The molecule has 1 fully saturated rings. The number of primary amides is 1. The van der Waals surface area contributed by atoms with Crippen LogP contribution in [-0.2, 0) is 19.9 Å². The third-order valence-electron chi connectivity index (χ3n) is 4.37. The average Bonchev–Trinajstić information content (AvgIpc) is 2.99. The van der Waals surface area contributed by atoms with Gasteiger partial charge in [0.25, 0.3) is 5.91 Å². The first-order valence-corrected chi connectivity index (χ1v) is 11.9. The van der Waals surface area contributed by atoms with Crippen molar-refractivity contribution in [3.8, 4) is 0 Å². The first-order valence-electron chi connectivity index (χ1n) is 8.60. The molecule has 1 unspecified atom stereocenters. The Morgan fingerprint density at radius 3 is 2.38 bits per heavy atom. The fourth-order valence-electron chi connectivity index (χ4n) is 2.93. The van der Waals surface area contributed by atoms with E-state index in [0.717, 1.165) is 0 Å². The van der Waals surface area contributed by atoms with Crippen molar-refractivity contribution in [1.29, 1.82) is 0 Å². The third kappa shape index (κ3) is 5.19. The molecule has 1 saturated heterocycles. The summed E-state index contributed by atoms with van der Waals surface area (Å²) in [6, 6.07) is 10.7. The zero-order valence-electron chi connectivity index (χ0n) is 15.2. The first-order chi connectivity index (χ1) is 13.6. The summed E-state index contributed by atoms with van der Waals surface area (Å²) in [6.07, 6.45) is 0.206. The van der Waals surface area contributed by atoms with E-state index in [2.05, 4.69) is 10.0 Å². The molecule has 1 aliphatic rings. The van der Waals surface area contributed by atoms with Crippen LogP contribution in [0.1, 0.15) is 27.1 Å². The van der Waals surface area contributed by atoms with Crippen LogP contribution in [-0.4, -0.2) is 46.2 Å². The van der Waals surface area contributed by atoms with E-state index >= 15 is 0 Å². The number of hydrogen-bond donors (Lipinski definition) is 3. The van der Waals surface area contributed by atoms with E-state index in [0.29, 0.717) is 5.69 Å². The summed E-state index contributed by atoms with van der Waals surface area (Å²) in [5.74, 6) is -1.53. The summed E-state index contributed by atoms with van der Waals surface area (Å²) in [4.78, 5) is 23.6. The van der Waals surface area contributed by atoms with Gasteiger partial charge in [-0.1, -0.05) is 12.1 Å². The Balaban J connectivity index is 1.77. The average molecular weight is 437 g/mol. The van der Waals surface area contributed by atoms with Crippen LogP contribution in [0.5, 0.6) is 0 Å². The molecule has 0 bridgehead atoms. The van der Waals surface area contributed by atoms with Gasteiger partial charge in [0.15, 0.2) is 9.84 Å². The molecule has 4 N–H and O–H groups in total. The molecule has 0 saturated carbocycles. The molecule has 3 rings (SSSR count). The summed E-state index contributed by atoms with van der Waals surface area (Å²) in [6.45, 7) is 0. The van der Waals surface area contributed by atoms with Gasteiger partial charge in [-0.3, -0.25) is 9.59 Å². The quantitative estimate of drug-likeness (QED) is 0.598. The Labute approximate surface area is 168 Å². The van der Waals surface area contributed by atoms with E-state index in [1.165, 1.54) is 36.4 Å². The lowest BCUT2D eigenvalue weighted by molar-refractivity contribution is 0.0996. The first kappa shape index (κ1) is 21.0. The van der Waals surface area contributed by atoms with Gasteiger partial charge >= 0.3 is 0 Å². The minimum Gasteiger partial charge on any atom is -0.366 e. The number of nitrogens with two attached hydrogens (primary N) is 1. The fourth-order valence-corrected chi connectivity index (χ4v) is 6.03. The maximum atomic E-state index is 12.6.